The maximum atomic E-state index is 13.3. The van der Waals surface area contributed by atoms with Crippen molar-refractivity contribution in [1.82, 2.24) is 10.2 Å². The molecule has 1 aromatic carbocycles. The monoisotopic (exact) mass is 364 g/mol. The maximum absolute atomic E-state index is 13.3. The third-order valence-corrected chi connectivity index (χ3v) is 5.32. The summed E-state index contributed by atoms with van der Waals surface area (Å²) in [5.74, 6) is -3.04. The number of likely N-dealkylation sites (tertiary alicyclic amines) is 1. The fourth-order valence-corrected chi connectivity index (χ4v) is 3.84. The Hall–Kier alpha value is -2.31. The Bertz CT molecular complexity index is 713. The van der Waals surface area contributed by atoms with Crippen LogP contribution in [-0.4, -0.2) is 29.2 Å². The van der Waals surface area contributed by atoms with E-state index in [1.165, 1.54) is 11.0 Å². The minimum atomic E-state index is -0.973. The quantitative estimate of drug-likeness (QED) is 0.817. The van der Waals surface area contributed by atoms with E-state index in [0.29, 0.717) is 5.56 Å². The molecule has 3 rings (SSSR count). The lowest BCUT2D eigenvalue weighted by Crippen LogP contribution is -2.36. The van der Waals surface area contributed by atoms with Gasteiger partial charge < -0.3 is 5.32 Å². The number of imide groups is 1. The molecule has 1 heterocycles. The highest BCUT2D eigenvalue weighted by Crippen LogP contribution is 2.37. The zero-order valence-electron chi connectivity index (χ0n) is 14.6. The van der Waals surface area contributed by atoms with Crippen LogP contribution >= 0.6 is 0 Å². The second kappa shape index (κ2) is 7.51. The Morgan fingerprint density at radius 1 is 1.15 bits per heavy atom. The Labute approximate surface area is 150 Å². The van der Waals surface area contributed by atoms with E-state index in [0.717, 1.165) is 37.8 Å². The zero-order valence-corrected chi connectivity index (χ0v) is 14.6. The first kappa shape index (κ1) is 18.5. The van der Waals surface area contributed by atoms with Crippen LogP contribution in [0.25, 0.3) is 0 Å². The van der Waals surface area contributed by atoms with Crippen molar-refractivity contribution in [3.05, 3.63) is 35.4 Å². The Morgan fingerprint density at radius 2 is 1.77 bits per heavy atom. The van der Waals surface area contributed by atoms with Gasteiger partial charge in [-0.3, -0.25) is 19.3 Å². The van der Waals surface area contributed by atoms with Gasteiger partial charge in [0, 0.05) is 13.0 Å². The van der Waals surface area contributed by atoms with E-state index in [2.05, 4.69) is 5.32 Å². The second-order valence-electron chi connectivity index (χ2n) is 7.04. The highest BCUT2D eigenvalue weighted by atomic mass is 19.2. The molecule has 0 bridgehead atoms. The van der Waals surface area contributed by atoms with Crippen LogP contribution in [0.2, 0.25) is 0 Å². The van der Waals surface area contributed by atoms with Crippen LogP contribution in [0.1, 0.15) is 50.6 Å². The third kappa shape index (κ3) is 3.61. The molecule has 0 aromatic heterocycles. The predicted octanol–water partition coefficient (Wildman–Crippen LogP) is 2.71. The SMILES string of the molecule is C[C@H](NC(=O)CCN1C(=O)[C@H]2CCCC[C@H]2C1=O)c1ccc(F)c(F)c1. The average Bonchev–Trinajstić information content (AvgIpc) is 2.86. The van der Waals surface area contributed by atoms with Gasteiger partial charge in [-0.1, -0.05) is 18.9 Å². The summed E-state index contributed by atoms with van der Waals surface area (Å²) < 4.78 is 26.3. The van der Waals surface area contributed by atoms with Crippen molar-refractivity contribution in [1.29, 1.82) is 0 Å². The fourth-order valence-electron chi connectivity index (χ4n) is 3.84. The predicted molar refractivity (Wildman–Crippen MR) is 89.7 cm³/mol. The first-order chi connectivity index (χ1) is 12.4. The normalized spacial score (nSPS) is 23.7. The molecular formula is C19H22F2N2O3. The summed E-state index contributed by atoms with van der Waals surface area (Å²) in [7, 11) is 0. The van der Waals surface area contributed by atoms with E-state index in [4.69, 9.17) is 0 Å². The smallest absolute Gasteiger partial charge is 0.233 e. The van der Waals surface area contributed by atoms with E-state index in [9.17, 15) is 23.2 Å². The van der Waals surface area contributed by atoms with Crippen LogP contribution in [0.15, 0.2) is 18.2 Å². The molecule has 5 nitrogen and oxygen atoms in total. The molecule has 3 atom stereocenters. The number of amides is 3. The van der Waals surface area contributed by atoms with Gasteiger partial charge >= 0.3 is 0 Å². The summed E-state index contributed by atoms with van der Waals surface area (Å²) in [6.07, 6.45) is 3.39. The molecule has 2 fully saturated rings. The number of benzene rings is 1. The Kier molecular flexibility index (Phi) is 5.34. The largest absolute Gasteiger partial charge is 0.350 e. The molecule has 1 N–H and O–H groups in total. The van der Waals surface area contributed by atoms with Crippen molar-refractivity contribution in [2.45, 2.75) is 45.1 Å². The van der Waals surface area contributed by atoms with Crippen molar-refractivity contribution < 1.29 is 23.2 Å². The topological polar surface area (TPSA) is 66.5 Å². The van der Waals surface area contributed by atoms with Gasteiger partial charge in [-0.25, -0.2) is 8.78 Å². The number of carbonyl (C=O) groups is 3. The van der Waals surface area contributed by atoms with E-state index in [1.54, 1.807) is 6.92 Å². The van der Waals surface area contributed by atoms with E-state index >= 15 is 0 Å². The molecule has 26 heavy (non-hydrogen) atoms. The van der Waals surface area contributed by atoms with Gasteiger partial charge in [0.2, 0.25) is 17.7 Å². The lowest BCUT2D eigenvalue weighted by atomic mass is 9.81. The first-order valence-electron chi connectivity index (χ1n) is 8.98. The van der Waals surface area contributed by atoms with E-state index in [1.807, 2.05) is 0 Å². The molecule has 1 aromatic rings. The summed E-state index contributed by atoms with van der Waals surface area (Å²) in [6.45, 7) is 1.71. The Morgan fingerprint density at radius 3 is 2.35 bits per heavy atom. The average molecular weight is 364 g/mol. The summed E-state index contributed by atoms with van der Waals surface area (Å²) in [4.78, 5) is 38.1. The minimum Gasteiger partial charge on any atom is -0.350 e. The van der Waals surface area contributed by atoms with Crippen molar-refractivity contribution in [2.24, 2.45) is 11.8 Å². The van der Waals surface area contributed by atoms with E-state index < -0.39 is 17.7 Å². The van der Waals surface area contributed by atoms with Gasteiger partial charge in [0.25, 0.3) is 0 Å². The molecule has 7 heteroatoms. The van der Waals surface area contributed by atoms with Crippen molar-refractivity contribution in [3.63, 3.8) is 0 Å². The van der Waals surface area contributed by atoms with Crippen molar-refractivity contribution in [2.75, 3.05) is 6.54 Å². The van der Waals surface area contributed by atoms with Gasteiger partial charge in [-0.2, -0.15) is 0 Å². The number of halogens is 2. The fraction of sp³-hybridized carbons (Fsp3) is 0.526. The molecule has 140 valence electrons. The van der Waals surface area contributed by atoms with Gasteiger partial charge in [-0.05, 0) is 37.5 Å². The van der Waals surface area contributed by atoms with Crippen LogP contribution in [0.4, 0.5) is 8.78 Å². The first-order valence-corrected chi connectivity index (χ1v) is 8.98. The molecule has 1 aliphatic heterocycles. The summed E-state index contributed by atoms with van der Waals surface area (Å²) in [5.41, 5.74) is 0.441. The highest BCUT2D eigenvalue weighted by molar-refractivity contribution is 6.05. The molecule has 0 unspecified atom stereocenters. The van der Waals surface area contributed by atoms with Crippen LogP contribution in [0.3, 0.4) is 0 Å². The van der Waals surface area contributed by atoms with Crippen molar-refractivity contribution in [3.8, 4) is 0 Å². The lowest BCUT2D eigenvalue weighted by Gasteiger charge is -2.19. The van der Waals surface area contributed by atoms with Crippen LogP contribution < -0.4 is 5.32 Å². The maximum Gasteiger partial charge on any atom is 0.233 e. The standard InChI is InChI=1S/C19H22F2N2O3/c1-11(12-6-7-15(20)16(21)10-12)22-17(24)8-9-23-18(25)13-4-2-3-5-14(13)19(23)26/h6-7,10-11,13-14H,2-5,8-9H2,1H3,(H,22,24)/t11-,13-,14+/m0/s1. The minimum absolute atomic E-state index is 0.00899. The number of carbonyl (C=O) groups excluding carboxylic acids is 3. The molecule has 1 saturated carbocycles. The van der Waals surface area contributed by atoms with Gasteiger partial charge in [0.05, 0.1) is 17.9 Å². The molecule has 1 aliphatic carbocycles. The summed E-state index contributed by atoms with van der Waals surface area (Å²) >= 11 is 0. The lowest BCUT2D eigenvalue weighted by molar-refractivity contribution is -0.140. The number of nitrogens with zero attached hydrogens (tertiary/aromatic N) is 1. The second-order valence-corrected chi connectivity index (χ2v) is 7.04. The Balaban J connectivity index is 1.54. The summed E-state index contributed by atoms with van der Waals surface area (Å²) in [6, 6.07) is 2.95. The van der Waals surface area contributed by atoms with Gasteiger partial charge in [0.15, 0.2) is 11.6 Å². The molecule has 0 radical (unpaired) electrons. The van der Waals surface area contributed by atoms with Gasteiger partial charge in [-0.15, -0.1) is 0 Å². The number of nitrogens with one attached hydrogen (secondary N) is 1. The van der Waals surface area contributed by atoms with Crippen molar-refractivity contribution >= 4 is 17.7 Å². The molecule has 0 spiro atoms. The number of hydrogen-bond donors (Lipinski definition) is 1. The molecule has 1 saturated heterocycles. The number of fused-ring (bicyclic) bond motifs is 1. The molecule has 2 aliphatic rings. The number of rotatable bonds is 5. The van der Waals surface area contributed by atoms with Gasteiger partial charge in [0.1, 0.15) is 0 Å². The van der Waals surface area contributed by atoms with Crippen LogP contribution in [-0.2, 0) is 14.4 Å². The van der Waals surface area contributed by atoms with E-state index in [-0.39, 0.29) is 42.5 Å². The third-order valence-electron chi connectivity index (χ3n) is 5.32. The highest BCUT2D eigenvalue weighted by Gasteiger charge is 2.47. The zero-order chi connectivity index (χ0) is 18.8. The summed E-state index contributed by atoms with van der Waals surface area (Å²) in [5, 5.41) is 2.68. The molecule has 3 amide bonds. The van der Waals surface area contributed by atoms with Crippen LogP contribution in [0.5, 0.6) is 0 Å². The number of hydrogen-bond acceptors (Lipinski definition) is 3. The molecular weight excluding hydrogens is 342 g/mol. The van der Waals surface area contributed by atoms with Crippen LogP contribution in [0, 0.1) is 23.5 Å².